The van der Waals surface area contributed by atoms with Gasteiger partial charge >= 0.3 is 0 Å². The van der Waals surface area contributed by atoms with Crippen molar-refractivity contribution in [1.29, 1.82) is 0 Å². The average Bonchev–Trinajstić information content (AvgIpc) is 3.29. The highest BCUT2D eigenvalue weighted by Crippen LogP contribution is 2.38. The number of methoxy groups -OCH3 is 1. The van der Waals surface area contributed by atoms with Crippen LogP contribution >= 0.6 is 11.6 Å². The summed E-state index contributed by atoms with van der Waals surface area (Å²) in [6.45, 7) is 4.99. The maximum absolute atomic E-state index is 13.2. The zero-order valence-electron chi connectivity index (χ0n) is 27.3. The minimum Gasteiger partial charge on any atom is -0.494 e. The lowest BCUT2D eigenvalue weighted by molar-refractivity contribution is 0.0798. The molecule has 2 aliphatic rings. The molecule has 0 saturated carbocycles. The first-order chi connectivity index (χ1) is 23.1. The molecule has 0 spiro atoms. The molecule has 16 heteroatoms. The summed E-state index contributed by atoms with van der Waals surface area (Å²) in [5, 5.41) is 21.0. The van der Waals surface area contributed by atoms with Gasteiger partial charge in [-0.15, -0.1) is 0 Å². The number of aliphatic hydroxyl groups excluding tert-OH is 1. The number of fused-ring (bicyclic) bond motifs is 1. The number of aromatic nitrogens is 2. The van der Waals surface area contributed by atoms with E-state index >= 15 is 0 Å². The van der Waals surface area contributed by atoms with Crippen molar-refractivity contribution in [2.24, 2.45) is 5.14 Å². The standard InChI is InChI=1S/C32H44ClN9O5S/c1-40(13-12-36-48(34,45)46)31(44)25-7-3-4-9-27(25)37-30-26(33)21-35-32(39-30)38-28-11-10-22-20-23(6-5-8-24(22)29(28)47-2)42-16-14-41(15-17-42)18-19-43/h3-4,7,9-11,21,23,36,43H,5-6,8,12-20H2,1-2H3,(H2,34,45,46)(H2,35,37,38,39)/t23-/m0/s1. The number of aliphatic hydroxyl groups is 1. The number of hydrogen-bond donors (Lipinski definition) is 5. The van der Waals surface area contributed by atoms with Crippen molar-refractivity contribution in [2.45, 2.75) is 31.7 Å². The summed E-state index contributed by atoms with van der Waals surface area (Å²) in [6, 6.07) is 11.5. The van der Waals surface area contributed by atoms with Crippen molar-refractivity contribution < 1.29 is 23.1 Å². The molecule has 1 aliphatic heterocycles. The summed E-state index contributed by atoms with van der Waals surface area (Å²) in [7, 11) is -0.619. The third-order valence-corrected chi connectivity index (χ3v) is 9.70. The first-order valence-electron chi connectivity index (χ1n) is 16.0. The largest absolute Gasteiger partial charge is 0.494 e. The third kappa shape index (κ3) is 9.11. The Morgan fingerprint density at radius 2 is 1.92 bits per heavy atom. The van der Waals surface area contributed by atoms with E-state index in [1.807, 2.05) is 6.07 Å². The maximum Gasteiger partial charge on any atom is 0.274 e. The van der Waals surface area contributed by atoms with Crippen molar-refractivity contribution in [3.63, 3.8) is 0 Å². The number of nitrogens with zero attached hydrogens (tertiary/aromatic N) is 5. The zero-order chi connectivity index (χ0) is 34.3. The van der Waals surface area contributed by atoms with Crippen LogP contribution in [0.1, 0.15) is 34.3 Å². The van der Waals surface area contributed by atoms with Gasteiger partial charge in [0.05, 0.1) is 36.9 Å². The van der Waals surface area contributed by atoms with Crippen molar-refractivity contribution in [1.82, 2.24) is 29.4 Å². The van der Waals surface area contributed by atoms with Crippen LogP contribution < -0.4 is 25.2 Å². The lowest BCUT2D eigenvalue weighted by Crippen LogP contribution is -2.51. The highest BCUT2D eigenvalue weighted by Gasteiger charge is 2.28. The van der Waals surface area contributed by atoms with E-state index in [4.69, 9.17) is 21.5 Å². The van der Waals surface area contributed by atoms with Crippen LogP contribution in [-0.2, 0) is 23.1 Å². The number of nitrogens with two attached hydrogens (primary N) is 1. The second kappa shape index (κ2) is 16.2. The molecule has 1 aliphatic carbocycles. The molecule has 1 amide bonds. The Morgan fingerprint density at radius 3 is 2.65 bits per heavy atom. The molecule has 2 heterocycles. The third-order valence-electron chi connectivity index (χ3n) is 8.82. The average molecular weight is 702 g/mol. The van der Waals surface area contributed by atoms with E-state index < -0.39 is 10.2 Å². The van der Waals surface area contributed by atoms with Gasteiger partial charge in [0.1, 0.15) is 10.8 Å². The number of benzene rings is 2. The fourth-order valence-corrected chi connectivity index (χ4v) is 6.86. The number of rotatable bonds is 13. The van der Waals surface area contributed by atoms with Gasteiger partial charge in [-0.3, -0.25) is 14.6 Å². The normalized spacial score (nSPS) is 17.3. The molecule has 0 bridgehead atoms. The number of anilines is 4. The SMILES string of the molecule is COc1c(Nc2ncc(Cl)c(Nc3ccccc3C(=O)N(C)CCNS(N)(=O)=O)n2)ccc2c1CCC[C@H](N1CCN(CCO)CC1)C2. The van der Waals surface area contributed by atoms with E-state index in [2.05, 4.69) is 41.2 Å². The van der Waals surface area contributed by atoms with E-state index in [9.17, 15) is 18.3 Å². The Hall–Kier alpha value is -3.57. The van der Waals surface area contributed by atoms with Gasteiger partial charge in [-0.05, 0) is 55.0 Å². The number of carbonyl (C=O) groups is 1. The van der Waals surface area contributed by atoms with Crippen LogP contribution in [0.5, 0.6) is 5.75 Å². The van der Waals surface area contributed by atoms with E-state index in [0.29, 0.717) is 29.1 Å². The molecule has 1 aromatic heterocycles. The summed E-state index contributed by atoms with van der Waals surface area (Å²) < 4.78 is 30.5. The molecule has 14 nitrogen and oxygen atoms in total. The van der Waals surface area contributed by atoms with Crippen LogP contribution in [0.15, 0.2) is 42.6 Å². The molecule has 2 aromatic carbocycles. The van der Waals surface area contributed by atoms with Crippen LogP contribution in [0.4, 0.5) is 23.1 Å². The zero-order valence-corrected chi connectivity index (χ0v) is 28.9. The highest BCUT2D eigenvalue weighted by atomic mass is 35.5. The van der Waals surface area contributed by atoms with Gasteiger partial charge in [0.25, 0.3) is 16.1 Å². The number of amides is 1. The van der Waals surface area contributed by atoms with Crippen LogP contribution in [0, 0.1) is 0 Å². The molecule has 0 radical (unpaired) electrons. The number of hydrogen-bond acceptors (Lipinski definition) is 11. The van der Waals surface area contributed by atoms with Crippen molar-refractivity contribution in [3.8, 4) is 5.75 Å². The molecule has 6 N–H and O–H groups in total. The van der Waals surface area contributed by atoms with Gasteiger partial charge in [-0.2, -0.15) is 13.4 Å². The fourth-order valence-electron chi connectivity index (χ4n) is 6.35. The minimum absolute atomic E-state index is 0.0282. The number of likely N-dealkylation sites (N-methyl/N-ethyl adjacent to an activating group) is 1. The highest BCUT2D eigenvalue weighted by molar-refractivity contribution is 7.87. The Balaban J connectivity index is 1.30. The van der Waals surface area contributed by atoms with E-state index in [1.54, 1.807) is 38.4 Å². The topological polar surface area (TPSA) is 178 Å². The van der Waals surface area contributed by atoms with E-state index in [-0.39, 0.29) is 30.6 Å². The van der Waals surface area contributed by atoms with Crippen molar-refractivity contribution >= 4 is 50.9 Å². The summed E-state index contributed by atoms with van der Waals surface area (Å²) in [6.07, 6.45) is 5.50. The van der Waals surface area contributed by atoms with Crippen LogP contribution in [-0.4, -0.2) is 117 Å². The van der Waals surface area contributed by atoms with Crippen molar-refractivity contribution in [3.05, 3.63) is 64.3 Å². The monoisotopic (exact) mass is 701 g/mol. The van der Waals surface area contributed by atoms with Gasteiger partial charge in [-0.25, -0.2) is 14.8 Å². The number of ether oxygens (including phenoxy) is 1. The smallest absolute Gasteiger partial charge is 0.274 e. The van der Waals surface area contributed by atoms with E-state index in [0.717, 1.165) is 69.8 Å². The predicted octanol–water partition coefficient (Wildman–Crippen LogP) is 2.35. The Labute approximate surface area is 286 Å². The Kier molecular flexibility index (Phi) is 12.1. The number of halogens is 1. The van der Waals surface area contributed by atoms with Crippen LogP contribution in [0.2, 0.25) is 5.02 Å². The molecule has 0 unspecified atom stereocenters. The number of β-amino-alcohol motifs (C(OH)–C–C–N with tert-alkyl or cyclic N) is 1. The first-order valence-corrected chi connectivity index (χ1v) is 17.9. The summed E-state index contributed by atoms with van der Waals surface area (Å²) >= 11 is 6.50. The van der Waals surface area contributed by atoms with Crippen molar-refractivity contribution in [2.75, 3.05) is 77.2 Å². The molecule has 1 atom stereocenters. The van der Waals surface area contributed by atoms with Gasteiger partial charge in [-0.1, -0.05) is 29.8 Å². The Bertz CT molecular complexity index is 1690. The molecule has 260 valence electrons. The molecule has 1 saturated heterocycles. The summed E-state index contributed by atoms with van der Waals surface area (Å²) in [4.78, 5) is 28.6. The van der Waals surface area contributed by atoms with Gasteiger partial charge in [0, 0.05) is 58.9 Å². The number of piperazine rings is 1. The number of para-hydroxylation sites is 1. The van der Waals surface area contributed by atoms with E-state index in [1.165, 1.54) is 22.2 Å². The second-order valence-electron chi connectivity index (χ2n) is 12.0. The summed E-state index contributed by atoms with van der Waals surface area (Å²) in [5.41, 5.74) is 4.02. The molecule has 1 fully saturated rings. The quantitative estimate of drug-likeness (QED) is 0.165. The van der Waals surface area contributed by atoms with Crippen LogP contribution in [0.25, 0.3) is 0 Å². The first kappa shape index (κ1) is 35.7. The second-order valence-corrected chi connectivity index (χ2v) is 13.8. The molecular weight excluding hydrogens is 658 g/mol. The molecular formula is C32H44ClN9O5S. The molecule has 48 heavy (non-hydrogen) atoms. The molecule has 3 aromatic rings. The number of carbonyl (C=O) groups excluding carboxylic acids is 1. The maximum atomic E-state index is 13.2. The number of nitrogens with one attached hydrogen (secondary N) is 3. The Morgan fingerprint density at radius 1 is 1.15 bits per heavy atom. The predicted molar refractivity (Wildman–Crippen MR) is 187 cm³/mol. The lowest BCUT2D eigenvalue weighted by Gasteiger charge is -2.39. The lowest BCUT2D eigenvalue weighted by atomic mass is 9.98. The fraction of sp³-hybridized carbons (Fsp3) is 0.469. The summed E-state index contributed by atoms with van der Waals surface area (Å²) in [5.74, 6) is 1.02. The van der Waals surface area contributed by atoms with Gasteiger partial charge in [0.2, 0.25) is 5.95 Å². The minimum atomic E-state index is -3.86. The van der Waals surface area contributed by atoms with Crippen LogP contribution in [0.3, 0.4) is 0 Å². The molecule has 5 rings (SSSR count). The van der Waals surface area contributed by atoms with Gasteiger partial charge < -0.3 is 25.4 Å². The van der Waals surface area contributed by atoms with Gasteiger partial charge in [0.15, 0.2) is 5.82 Å².